The normalized spacial score (nSPS) is 9.52. The van der Waals surface area contributed by atoms with Gasteiger partial charge in [-0.1, -0.05) is 0 Å². The van der Waals surface area contributed by atoms with Crippen LogP contribution in [0.4, 0.5) is 13.2 Å². The number of Topliss-reactive ketones (excluding diaryl/α,β-unsaturated/α-hetero) is 1. The summed E-state index contributed by atoms with van der Waals surface area (Å²) in [7, 11) is 2.80. The minimum absolute atomic E-state index is 0.0903. The number of ketones is 1. The summed E-state index contributed by atoms with van der Waals surface area (Å²) < 4.78 is 37.0. The largest absolute Gasteiger partial charge is 0.478 e. The fraction of sp³-hybridized carbons (Fsp3) is 0.143. The van der Waals surface area contributed by atoms with E-state index in [2.05, 4.69) is 19.8 Å². The molecule has 3 aromatic heterocycles. The van der Waals surface area contributed by atoms with Crippen LogP contribution in [0.5, 0.6) is 0 Å². The van der Waals surface area contributed by atoms with E-state index >= 15 is 0 Å². The number of aromatic nitrogens is 3. The highest BCUT2D eigenvalue weighted by molar-refractivity contribution is 5.94. The van der Waals surface area contributed by atoms with E-state index in [1.807, 2.05) is 0 Å². The Labute approximate surface area is 186 Å². The molecule has 0 aliphatic rings. The molecule has 0 fully saturated rings. The highest BCUT2D eigenvalue weighted by Crippen LogP contribution is 2.04. The third-order valence-corrected chi connectivity index (χ3v) is 3.64. The highest BCUT2D eigenvalue weighted by Gasteiger charge is 2.11. The second kappa shape index (κ2) is 13.3. The number of hydroxylamine groups is 2. The maximum Gasteiger partial charge on any atom is 0.335 e. The van der Waals surface area contributed by atoms with Gasteiger partial charge in [0.15, 0.2) is 5.78 Å². The van der Waals surface area contributed by atoms with Crippen molar-refractivity contribution < 1.29 is 37.5 Å². The number of aromatic carboxylic acids is 1. The van der Waals surface area contributed by atoms with Crippen LogP contribution in [0.25, 0.3) is 0 Å². The predicted octanol–water partition coefficient (Wildman–Crippen LogP) is 3.20. The number of carbonyl (C=O) groups is 3. The van der Waals surface area contributed by atoms with Gasteiger partial charge in [0, 0.05) is 55.0 Å². The molecule has 0 bridgehead atoms. The summed E-state index contributed by atoms with van der Waals surface area (Å²) in [5.41, 5.74) is 0.469. The van der Waals surface area contributed by atoms with Crippen LogP contribution in [-0.2, 0) is 4.84 Å². The van der Waals surface area contributed by atoms with Gasteiger partial charge in [0.2, 0.25) is 17.8 Å². The summed E-state index contributed by atoms with van der Waals surface area (Å²) in [6, 6.07) is 7.15. The second-order valence-corrected chi connectivity index (χ2v) is 5.95. The van der Waals surface area contributed by atoms with Crippen LogP contribution in [0, 0.1) is 17.8 Å². The SMILES string of the molecule is CC(=O)c1ccnc(F)c1.CON(C)C(=O)c1ccnc(F)c1.O=C(O)c1ccnc(F)c1. The minimum Gasteiger partial charge on any atom is -0.478 e. The van der Waals surface area contributed by atoms with Gasteiger partial charge < -0.3 is 5.11 Å². The number of halogens is 3. The average Bonchev–Trinajstić information content (AvgIpc) is 2.79. The lowest BCUT2D eigenvalue weighted by Gasteiger charge is -2.12. The molecule has 9 nitrogen and oxygen atoms in total. The van der Waals surface area contributed by atoms with Crippen molar-refractivity contribution in [2.75, 3.05) is 14.2 Å². The summed E-state index contributed by atoms with van der Waals surface area (Å²) in [5, 5.41) is 9.32. The van der Waals surface area contributed by atoms with E-state index in [-0.39, 0.29) is 16.9 Å². The van der Waals surface area contributed by atoms with Gasteiger partial charge in [0.1, 0.15) is 0 Å². The molecule has 0 saturated heterocycles. The summed E-state index contributed by atoms with van der Waals surface area (Å²) in [4.78, 5) is 46.6. The molecule has 0 aliphatic carbocycles. The van der Waals surface area contributed by atoms with Gasteiger partial charge in [0.25, 0.3) is 5.91 Å². The minimum atomic E-state index is -1.15. The smallest absolute Gasteiger partial charge is 0.335 e. The van der Waals surface area contributed by atoms with Crippen LogP contribution in [-0.4, -0.2) is 56.9 Å². The Morgan fingerprint density at radius 3 is 1.55 bits per heavy atom. The van der Waals surface area contributed by atoms with E-state index < -0.39 is 29.7 Å². The number of pyridine rings is 3. The molecule has 33 heavy (non-hydrogen) atoms. The summed E-state index contributed by atoms with van der Waals surface area (Å²) in [6.07, 6.45) is 3.61. The molecule has 12 heteroatoms. The van der Waals surface area contributed by atoms with Crippen molar-refractivity contribution in [2.24, 2.45) is 0 Å². The van der Waals surface area contributed by atoms with Crippen molar-refractivity contribution in [2.45, 2.75) is 6.92 Å². The summed E-state index contributed by atoms with van der Waals surface area (Å²) >= 11 is 0. The van der Waals surface area contributed by atoms with Crippen molar-refractivity contribution in [3.05, 3.63) is 89.5 Å². The number of amides is 1. The van der Waals surface area contributed by atoms with E-state index in [0.717, 1.165) is 29.5 Å². The van der Waals surface area contributed by atoms with Gasteiger partial charge in [-0.3, -0.25) is 14.4 Å². The van der Waals surface area contributed by atoms with Crippen LogP contribution in [0.2, 0.25) is 0 Å². The number of nitrogens with zero attached hydrogens (tertiary/aromatic N) is 4. The quantitative estimate of drug-likeness (QED) is 0.355. The molecule has 0 aromatic carbocycles. The first-order valence-electron chi connectivity index (χ1n) is 8.96. The molecule has 0 spiro atoms. The van der Waals surface area contributed by atoms with Crippen molar-refractivity contribution >= 4 is 17.7 Å². The lowest BCUT2D eigenvalue weighted by Crippen LogP contribution is -2.25. The highest BCUT2D eigenvalue weighted by atomic mass is 19.1. The maximum absolute atomic E-state index is 12.6. The van der Waals surface area contributed by atoms with Crippen molar-refractivity contribution in [3.8, 4) is 0 Å². The zero-order chi connectivity index (χ0) is 25.0. The molecule has 3 rings (SSSR count). The fourth-order valence-corrected chi connectivity index (χ4v) is 1.96. The van der Waals surface area contributed by atoms with Crippen LogP contribution >= 0.6 is 0 Å². The number of carboxylic acid groups (broad SMARTS) is 1. The van der Waals surface area contributed by atoms with Crippen LogP contribution in [0.1, 0.15) is 38.0 Å². The van der Waals surface area contributed by atoms with Crippen molar-refractivity contribution in [1.82, 2.24) is 20.0 Å². The van der Waals surface area contributed by atoms with Crippen LogP contribution in [0.3, 0.4) is 0 Å². The van der Waals surface area contributed by atoms with Crippen molar-refractivity contribution in [1.29, 1.82) is 0 Å². The Bertz CT molecular complexity index is 1060. The number of hydrogen-bond acceptors (Lipinski definition) is 7. The van der Waals surface area contributed by atoms with Gasteiger partial charge in [-0.15, -0.1) is 0 Å². The number of hydrogen-bond donors (Lipinski definition) is 1. The third kappa shape index (κ3) is 9.65. The molecule has 0 radical (unpaired) electrons. The fourth-order valence-electron chi connectivity index (χ4n) is 1.96. The van der Waals surface area contributed by atoms with Crippen molar-refractivity contribution in [3.63, 3.8) is 0 Å². The Morgan fingerprint density at radius 1 is 0.818 bits per heavy atom. The lowest BCUT2D eigenvalue weighted by molar-refractivity contribution is -0.0757. The molecular formula is C21H19F3N4O5. The second-order valence-electron chi connectivity index (χ2n) is 5.95. The van der Waals surface area contributed by atoms with Gasteiger partial charge in [0.05, 0.1) is 12.7 Å². The number of carboxylic acids is 1. The Morgan fingerprint density at radius 2 is 1.21 bits per heavy atom. The first-order chi connectivity index (χ1) is 15.5. The van der Waals surface area contributed by atoms with Gasteiger partial charge >= 0.3 is 5.97 Å². The Hall–Kier alpha value is -4.19. The molecule has 0 aliphatic heterocycles. The van der Waals surface area contributed by atoms with E-state index in [1.165, 1.54) is 51.7 Å². The molecule has 0 saturated carbocycles. The predicted molar refractivity (Wildman–Crippen MR) is 109 cm³/mol. The molecule has 174 valence electrons. The van der Waals surface area contributed by atoms with E-state index in [4.69, 9.17) is 5.11 Å². The molecule has 0 unspecified atom stereocenters. The Kier molecular flexibility index (Phi) is 10.8. The van der Waals surface area contributed by atoms with E-state index in [9.17, 15) is 27.6 Å². The zero-order valence-corrected chi connectivity index (χ0v) is 17.7. The van der Waals surface area contributed by atoms with E-state index in [0.29, 0.717) is 5.56 Å². The molecule has 1 N–H and O–H groups in total. The van der Waals surface area contributed by atoms with Crippen LogP contribution < -0.4 is 0 Å². The molecule has 3 aromatic rings. The molecule has 3 heterocycles. The summed E-state index contributed by atoms with van der Waals surface area (Å²) in [6.45, 7) is 1.38. The molecule has 1 amide bonds. The standard InChI is InChI=1S/C8H9FN2O2.C7H6FNO.C6H4FNO2/c1-11(13-2)8(12)6-3-4-10-7(9)5-6;1-5(10)6-2-3-9-7(8)4-6;7-5-3-4(6(9)10)1-2-8-5/h3-5H,1-2H3;2-4H,1H3;1-3H,(H,9,10). The maximum atomic E-state index is 12.6. The molecular weight excluding hydrogens is 445 g/mol. The first kappa shape index (κ1) is 26.8. The van der Waals surface area contributed by atoms with Gasteiger partial charge in [-0.05, 0) is 25.1 Å². The average molecular weight is 464 g/mol. The van der Waals surface area contributed by atoms with Gasteiger partial charge in [-0.2, -0.15) is 13.2 Å². The monoisotopic (exact) mass is 464 g/mol. The molecule has 0 atom stereocenters. The topological polar surface area (TPSA) is 123 Å². The number of rotatable bonds is 4. The Balaban J connectivity index is 0.000000251. The first-order valence-corrected chi connectivity index (χ1v) is 8.96. The van der Waals surface area contributed by atoms with Gasteiger partial charge in [-0.25, -0.2) is 24.8 Å². The third-order valence-electron chi connectivity index (χ3n) is 3.64. The summed E-state index contributed by atoms with van der Waals surface area (Å²) in [5.74, 6) is -3.80. The van der Waals surface area contributed by atoms with Crippen LogP contribution in [0.15, 0.2) is 55.0 Å². The van der Waals surface area contributed by atoms with E-state index in [1.54, 1.807) is 0 Å². The number of carbonyl (C=O) groups excluding carboxylic acids is 2. The zero-order valence-electron chi connectivity index (χ0n) is 17.7. The lowest BCUT2D eigenvalue weighted by atomic mass is 10.2.